The molecule has 0 N–H and O–H groups in total. The topological polar surface area (TPSA) is 0 Å². The van der Waals surface area contributed by atoms with Crippen molar-refractivity contribution >= 4 is 43.5 Å². The standard InChI is InChI=1S/C15H12Br2ClF/c1-8-3-4-10(16)6-11(8)15(17)12-5-9(2)14(19)7-13(12)18/h3-7,15H,1-2H3. The molecule has 0 saturated carbocycles. The van der Waals surface area contributed by atoms with Gasteiger partial charge in [0, 0.05) is 9.50 Å². The normalized spacial score (nSPS) is 12.5. The zero-order chi connectivity index (χ0) is 14.2. The van der Waals surface area contributed by atoms with Crippen molar-refractivity contribution in [2.24, 2.45) is 0 Å². The zero-order valence-electron chi connectivity index (χ0n) is 10.5. The third-order valence-electron chi connectivity index (χ3n) is 3.07. The Morgan fingerprint density at radius 1 is 1.05 bits per heavy atom. The first kappa shape index (κ1) is 15.0. The van der Waals surface area contributed by atoms with Crippen LogP contribution in [-0.2, 0) is 0 Å². The number of rotatable bonds is 2. The van der Waals surface area contributed by atoms with Gasteiger partial charge in [-0.15, -0.1) is 0 Å². The molecular formula is C15H12Br2ClF. The van der Waals surface area contributed by atoms with E-state index in [1.165, 1.54) is 6.07 Å². The summed E-state index contributed by atoms with van der Waals surface area (Å²) >= 11 is 13.3. The third kappa shape index (κ3) is 3.21. The average Bonchev–Trinajstić information content (AvgIpc) is 2.36. The maximum absolute atomic E-state index is 13.5. The second-order valence-corrected chi connectivity index (χ2v) is 6.72. The summed E-state index contributed by atoms with van der Waals surface area (Å²) in [5, 5.41) is 0.435. The van der Waals surface area contributed by atoms with E-state index in [0.29, 0.717) is 10.6 Å². The van der Waals surface area contributed by atoms with Gasteiger partial charge in [-0.2, -0.15) is 0 Å². The monoisotopic (exact) mass is 404 g/mol. The quantitative estimate of drug-likeness (QED) is 0.510. The predicted octanol–water partition coefficient (Wildman–Crippen LogP) is 6.34. The van der Waals surface area contributed by atoms with Crippen molar-refractivity contribution < 1.29 is 4.39 Å². The van der Waals surface area contributed by atoms with Crippen LogP contribution in [0, 0.1) is 19.7 Å². The van der Waals surface area contributed by atoms with Crippen LogP contribution in [0.5, 0.6) is 0 Å². The summed E-state index contributed by atoms with van der Waals surface area (Å²) in [6.07, 6.45) is 0. The Hall–Kier alpha value is -0.380. The number of aryl methyl sites for hydroxylation is 2. The van der Waals surface area contributed by atoms with Crippen LogP contribution in [0.25, 0.3) is 0 Å². The highest BCUT2D eigenvalue weighted by atomic mass is 79.9. The van der Waals surface area contributed by atoms with E-state index in [2.05, 4.69) is 31.9 Å². The number of hydrogen-bond acceptors (Lipinski definition) is 0. The average molecular weight is 407 g/mol. The minimum absolute atomic E-state index is 0.0585. The van der Waals surface area contributed by atoms with E-state index in [4.69, 9.17) is 11.6 Å². The number of alkyl halides is 1. The van der Waals surface area contributed by atoms with Crippen molar-refractivity contribution in [2.75, 3.05) is 0 Å². The summed E-state index contributed by atoms with van der Waals surface area (Å²) in [5.41, 5.74) is 3.74. The molecule has 0 spiro atoms. The summed E-state index contributed by atoms with van der Waals surface area (Å²) in [6.45, 7) is 3.78. The third-order valence-corrected chi connectivity index (χ3v) is 4.87. The summed E-state index contributed by atoms with van der Waals surface area (Å²) in [7, 11) is 0. The van der Waals surface area contributed by atoms with Crippen LogP contribution in [0.1, 0.15) is 27.1 Å². The van der Waals surface area contributed by atoms with Gasteiger partial charge in [0.1, 0.15) is 5.82 Å². The molecule has 4 heteroatoms. The first-order valence-corrected chi connectivity index (χ1v) is 7.84. The van der Waals surface area contributed by atoms with Gasteiger partial charge in [-0.3, -0.25) is 0 Å². The Labute approximate surface area is 134 Å². The van der Waals surface area contributed by atoms with Crippen LogP contribution in [0.2, 0.25) is 5.02 Å². The maximum Gasteiger partial charge on any atom is 0.127 e. The molecule has 2 aromatic rings. The smallest absolute Gasteiger partial charge is 0.127 e. The van der Waals surface area contributed by atoms with Crippen molar-refractivity contribution in [2.45, 2.75) is 18.7 Å². The van der Waals surface area contributed by atoms with Gasteiger partial charge < -0.3 is 0 Å². The second-order valence-electron chi connectivity index (χ2n) is 4.49. The summed E-state index contributed by atoms with van der Waals surface area (Å²) in [6, 6.07) is 9.24. The molecule has 0 fully saturated rings. The molecule has 0 amide bonds. The highest BCUT2D eigenvalue weighted by Gasteiger charge is 2.17. The minimum Gasteiger partial charge on any atom is -0.207 e. The van der Waals surface area contributed by atoms with Gasteiger partial charge in [0.05, 0.1) is 4.83 Å². The van der Waals surface area contributed by atoms with Crippen LogP contribution in [0.4, 0.5) is 4.39 Å². The molecule has 1 unspecified atom stereocenters. The van der Waals surface area contributed by atoms with Crippen molar-refractivity contribution in [3.8, 4) is 0 Å². The lowest BCUT2D eigenvalue weighted by Crippen LogP contribution is -1.99. The molecular weight excluding hydrogens is 394 g/mol. The molecule has 0 aliphatic carbocycles. The Kier molecular flexibility index (Phi) is 4.70. The molecule has 2 aromatic carbocycles. The van der Waals surface area contributed by atoms with Crippen molar-refractivity contribution in [1.29, 1.82) is 0 Å². The number of halogens is 4. The molecule has 0 nitrogen and oxygen atoms in total. The molecule has 0 heterocycles. The van der Waals surface area contributed by atoms with Gasteiger partial charge >= 0.3 is 0 Å². The number of benzene rings is 2. The Balaban J connectivity index is 2.52. The fourth-order valence-corrected chi connectivity index (χ4v) is 3.57. The van der Waals surface area contributed by atoms with Gasteiger partial charge in [-0.1, -0.05) is 55.6 Å². The van der Waals surface area contributed by atoms with Crippen molar-refractivity contribution in [1.82, 2.24) is 0 Å². The molecule has 1 atom stereocenters. The van der Waals surface area contributed by atoms with E-state index in [0.717, 1.165) is 21.2 Å². The second kappa shape index (κ2) is 5.94. The summed E-state index contributed by atoms with van der Waals surface area (Å²) in [4.78, 5) is -0.0585. The van der Waals surface area contributed by atoms with Crippen molar-refractivity contribution in [3.63, 3.8) is 0 Å². The fourth-order valence-electron chi connectivity index (χ4n) is 1.93. The van der Waals surface area contributed by atoms with E-state index in [-0.39, 0.29) is 10.6 Å². The lowest BCUT2D eigenvalue weighted by molar-refractivity contribution is 0.618. The summed E-state index contributed by atoms with van der Waals surface area (Å²) < 4.78 is 14.5. The molecule has 0 aliphatic rings. The molecule has 19 heavy (non-hydrogen) atoms. The van der Waals surface area contributed by atoms with E-state index in [1.54, 1.807) is 13.0 Å². The lowest BCUT2D eigenvalue weighted by atomic mass is 9.99. The van der Waals surface area contributed by atoms with Gasteiger partial charge in [0.15, 0.2) is 0 Å². The predicted molar refractivity (Wildman–Crippen MR) is 85.8 cm³/mol. The maximum atomic E-state index is 13.5. The SMILES string of the molecule is Cc1cc(C(Br)c2cc(Br)ccc2C)c(Cl)cc1F. The lowest BCUT2D eigenvalue weighted by Gasteiger charge is -2.16. The van der Waals surface area contributed by atoms with Crippen LogP contribution in [-0.4, -0.2) is 0 Å². The molecule has 0 aliphatic heterocycles. The molecule has 100 valence electrons. The Morgan fingerprint density at radius 3 is 2.42 bits per heavy atom. The fraction of sp³-hybridized carbons (Fsp3) is 0.200. The summed E-state index contributed by atoms with van der Waals surface area (Å²) in [5.74, 6) is -0.278. The first-order chi connectivity index (χ1) is 8.90. The Bertz CT molecular complexity index is 626. The molecule has 0 radical (unpaired) electrons. The molecule has 2 rings (SSSR count). The van der Waals surface area contributed by atoms with Gasteiger partial charge in [-0.25, -0.2) is 4.39 Å². The Morgan fingerprint density at radius 2 is 1.74 bits per heavy atom. The van der Waals surface area contributed by atoms with E-state index in [1.807, 2.05) is 25.1 Å². The van der Waals surface area contributed by atoms with Crippen LogP contribution < -0.4 is 0 Å². The number of hydrogen-bond donors (Lipinski definition) is 0. The highest BCUT2D eigenvalue weighted by Crippen LogP contribution is 2.38. The first-order valence-electron chi connectivity index (χ1n) is 5.76. The van der Waals surface area contributed by atoms with Crippen LogP contribution in [0.15, 0.2) is 34.8 Å². The minimum atomic E-state index is -0.278. The van der Waals surface area contributed by atoms with E-state index < -0.39 is 0 Å². The van der Waals surface area contributed by atoms with Crippen LogP contribution >= 0.6 is 43.5 Å². The van der Waals surface area contributed by atoms with Gasteiger partial charge in [-0.05, 0) is 54.3 Å². The highest BCUT2D eigenvalue weighted by molar-refractivity contribution is 9.10. The van der Waals surface area contributed by atoms with Crippen molar-refractivity contribution in [3.05, 3.63) is 67.9 Å². The zero-order valence-corrected chi connectivity index (χ0v) is 14.4. The largest absolute Gasteiger partial charge is 0.207 e. The van der Waals surface area contributed by atoms with E-state index in [9.17, 15) is 4.39 Å². The van der Waals surface area contributed by atoms with Gasteiger partial charge in [0.25, 0.3) is 0 Å². The molecule has 0 saturated heterocycles. The molecule has 0 bridgehead atoms. The van der Waals surface area contributed by atoms with E-state index >= 15 is 0 Å². The van der Waals surface area contributed by atoms with Crippen LogP contribution in [0.3, 0.4) is 0 Å². The molecule has 0 aromatic heterocycles. The van der Waals surface area contributed by atoms with Gasteiger partial charge in [0.2, 0.25) is 0 Å².